The van der Waals surface area contributed by atoms with E-state index in [1.54, 1.807) is 24.3 Å². The van der Waals surface area contributed by atoms with Gasteiger partial charge in [-0.2, -0.15) is 0 Å². The number of anilines is 1. The van der Waals surface area contributed by atoms with Crippen LogP contribution >= 0.6 is 0 Å². The molecule has 0 fully saturated rings. The molecule has 4 N–H and O–H groups in total. The molecule has 0 aromatic heterocycles. The molecule has 0 aliphatic rings. The lowest BCUT2D eigenvalue weighted by Gasteiger charge is -2.19. The van der Waals surface area contributed by atoms with E-state index in [-0.39, 0.29) is 18.3 Å². The van der Waals surface area contributed by atoms with Crippen molar-refractivity contribution < 1.29 is 13.5 Å². The monoisotopic (exact) mass is 272 g/mol. The van der Waals surface area contributed by atoms with Crippen molar-refractivity contribution in [3.8, 4) is 0 Å². The zero-order valence-electron chi connectivity index (χ0n) is 10.6. The van der Waals surface area contributed by atoms with Gasteiger partial charge in [0.2, 0.25) is 10.0 Å². The van der Waals surface area contributed by atoms with E-state index in [9.17, 15) is 8.42 Å². The van der Waals surface area contributed by atoms with E-state index in [2.05, 4.69) is 4.72 Å². The summed E-state index contributed by atoms with van der Waals surface area (Å²) in [6.45, 7) is 3.50. The quantitative estimate of drug-likeness (QED) is 0.665. The van der Waals surface area contributed by atoms with Crippen LogP contribution in [0.3, 0.4) is 0 Å². The second-order valence-electron chi connectivity index (χ2n) is 4.65. The van der Waals surface area contributed by atoms with E-state index in [0.29, 0.717) is 11.3 Å². The summed E-state index contributed by atoms with van der Waals surface area (Å²) in [5.74, 6) is -0.0764. The molecule has 0 bridgehead atoms. The molecule has 1 atom stereocenters. The van der Waals surface area contributed by atoms with Gasteiger partial charge < -0.3 is 10.8 Å². The molecule has 1 aromatic carbocycles. The van der Waals surface area contributed by atoms with E-state index < -0.39 is 16.1 Å². The molecule has 0 amide bonds. The lowest BCUT2D eigenvalue weighted by atomic mass is 10.1. The van der Waals surface area contributed by atoms with Gasteiger partial charge in [-0.25, -0.2) is 13.1 Å². The Morgan fingerprint density at radius 1 is 1.28 bits per heavy atom. The third-order valence-corrected chi connectivity index (χ3v) is 4.04. The number of benzene rings is 1. The van der Waals surface area contributed by atoms with Crippen LogP contribution in [-0.4, -0.2) is 26.2 Å². The number of nitrogens with one attached hydrogen (secondary N) is 1. The number of hydrogen-bond acceptors (Lipinski definition) is 4. The van der Waals surface area contributed by atoms with Crippen LogP contribution in [0.25, 0.3) is 0 Å². The van der Waals surface area contributed by atoms with Crippen molar-refractivity contribution >= 4 is 15.7 Å². The molecule has 0 radical (unpaired) electrons. The summed E-state index contributed by atoms with van der Waals surface area (Å²) in [4.78, 5) is 0. The van der Waals surface area contributed by atoms with Gasteiger partial charge in [0.05, 0.1) is 12.4 Å². The van der Waals surface area contributed by atoms with Gasteiger partial charge in [0.1, 0.15) is 0 Å². The standard InChI is InChI=1S/C12H20N2O3S/c1-9(2)12(7-15)14-18(16,17)8-10-3-5-11(13)6-4-10/h3-6,9,12,14-15H,7-8,13H2,1-2H3. The molecule has 0 saturated carbocycles. The normalized spacial score (nSPS) is 13.8. The highest BCUT2D eigenvalue weighted by Crippen LogP contribution is 2.10. The Morgan fingerprint density at radius 2 is 1.83 bits per heavy atom. The second-order valence-corrected chi connectivity index (χ2v) is 6.41. The third-order valence-electron chi connectivity index (χ3n) is 2.67. The van der Waals surface area contributed by atoms with Crippen LogP contribution in [0, 0.1) is 5.92 Å². The molecule has 1 rings (SSSR count). The highest BCUT2D eigenvalue weighted by molar-refractivity contribution is 7.88. The minimum Gasteiger partial charge on any atom is -0.399 e. The Bertz CT molecular complexity index is 469. The largest absolute Gasteiger partial charge is 0.399 e. The predicted octanol–water partition coefficient (Wildman–Crippen LogP) is 0.705. The number of aliphatic hydroxyl groups is 1. The average Bonchev–Trinajstić information content (AvgIpc) is 2.28. The van der Waals surface area contributed by atoms with Crippen LogP contribution in [0.1, 0.15) is 19.4 Å². The molecule has 6 heteroatoms. The first kappa shape index (κ1) is 14.9. The van der Waals surface area contributed by atoms with Gasteiger partial charge in [-0.3, -0.25) is 0 Å². The fourth-order valence-corrected chi connectivity index (χ4v) is 3.01. The van der Waals surface area contributed by atoms with Gasteiger partial charge in [-0.05, 0) is 23.6 Å². The highest BCUT2D eigenvalue weighted by Gasteiger charge is 2.20. The molecule has 0 saturated heterocycles. The molecule has 1 aromatic rings. The van der Waals surface area contributed by atoms with E-state index in [1.807, 2.05) is 13.8 Å². The lowest BCUT2D eigenvalue weighted by Crippen LogP contribution is -2.41. The van der Waals surface area contributed by atoms with Crippen molar-refractivity contribution in [3.05, 3.63) is 29.8 Å². The van der Waals surface area contributed by atoms with Crippen molar-refractivity contribution in [2.45, 2.75) is 25.6 Å². The summed E-state index contributed by atoms with van der Waals surface area (Å²) < 4.78 is 26.3. The first-order chi connectivity index (χ1) is 8.34. The van der Waals surface area contributed by atoms with Crippen molar-refractivity contribution in [2.24, 2.45) is 5.92 Å². The van der Waals surface area contributed by atoms with E-state index in [4.69, 9.17) is 10.8 Å². The van der Waals surface area contributed by atoms with Gasteiger partial charge in [-0.1, -0.05) is 26.0 Å². The Labute approximate surface area is 108 Å². The van der Waals surface area contributed by atoms with Gasteiger partial charge in [0, 0.05) is 11.7 Å². The number of sulfonamides is 1. The van der Waals surface area contributed by atoms with Crippen LogP contribution in [0.15, 0.2) is 24.3 Å². The first-order valence-corrected chi connectivity index (χ1v) is 7.44. The summed E-state index contributed by atoms with van der Waals surface area (Å²) in [5, 5.41) is 9.12. The Hall–Kier alpha value is -1.11. The van der Waals surface area contributed by atoms with Gasteiger partial charge in [0.15, 0.2) is 0 Å². The van der Waals surface area contributed by atoms with Crippen LogP contribution in [0.5, 0.6) is 0 Å². The number of rotatable bonds is 6. The number of hydrogen-bond donors (Lipinski definition) is 3. The summed E-state index contributed by atoms with van der Waals surface area (Å²) in [5.41, 5.74) is 6.80. The van der Waals surface area contributed by atoms with Crippen molar-refractivity contribution in [1.82, 2.24) is 4.72 Å². The molecule has 0 aliphatic carbocycles. The Kier molecular flexibility index (Phi) is 5.13. The summed E-state index contributed by atoms with van der Waals surface area (Å²) in [6.07, 6.45) is 0. The smallest absolute Gasteiger partial charge is 0.216 e. The number of nitrogen functional groups attached to an aromatic ring is 1. The maximum Gasteiger partial charge on any atom is 0.216 e. The molecular formula is C12H20N2O3S. The minimum atomic E-state index is -3.45. The van der Waals surface area contributed by atoms with Gasteiger partial charge >= 0.3 is 0 Å². The molecule has 18 heavy (non-hydrogen) atoms. The van der Waals surface area contributed by atoms with Crippen molar-refractivity contribution in [1.29, 1.82) is 0 Å². The molecular weight excluding hydrogens is 252 g/mol. The van der Waals surface area contributed by atoms with Crippen LogP contribution in [0.4, 0.5) is 5.69 Å². The molecule has 102 valence electrons. The highest BCUT2D eigenvalue weighted by atomic mass is 32.2. The molecule has 0 heterocycles. The van der Waals surface area contributed by atoms with E-state index in [1.165, 1.54) is 0 Å². The molecule has 1 unspecified atom stereocenters. The third kappa shape index (κ3) is 4.64. The summed E-state index contributed by atoms with van der Waals surface area (Å²) in [7, 11) is -3.45. The lowest BCUT2D eigenvalue weighted by molar-refractivity contribution is 0.227. The molecule has 0 aliphatic heterocycles. The van der Waals surface area contributed by atoms with Crippen LogP contribution in [-0.2, 0) is 15.8 Å². The number of nitrogens with two attached hydrogens (primary N) is 1. The second kappa shape index (κ2) is 6.17. The fraction of sp³-hybridized carbons (Fsp3) is 0.500. The zero-order chi connectivity index (χ0) is 13.8. The maximum atomic E-state index is 11.9. The SMILES string of the molecule is CC(C)C(CO)NS(=O)(=O)Cc1ccc(N)cc1. The van der Waals surface area contributed by atoms with E-state index >= 15 is 0 Å². The Morgan fingerprint density at radius 3 is 2.28 bits per heavy atom. The number of aliphatic hydroxyl groups excluding tert-OH is 1. The molecule has 5 nitrogen and oxygen atoms in total. The zero-order valence-corrected chi connectivity index (χ0v) is 11.4. The predicted molar refractivity (Wildman–Crippen MR) is 72.3 cm³/mol. The van der Waals surface area contributed by atoms with Gasteiger partial charge in [0.25, 0.3) is 0 Å². The molecule has 0 spiro atoms. The summed E-state index contributed by atoms with van der Waals surface area (Å²) >= 11 is 0. The average molecular weight is 272 g/mol. The Balaban J connectivity index is 2.73. The van der Waals surface area contributed by atoms with Crippen LogP contribution < -0.4 is 10.5 Å². The first-order valence-electron chi connectivity index (χ1n) is 5.79. The van der Waals surface area contributed by atoms with Crippen LogP contribution in [0.2, 0.25) is 0 Å². The van der Waals surface area contributed by atoms with Crippen molar-refractivity contribution in [3.63, 3.8) is 0 Å². The van der Waals surface area contributed by atoms with Gasteiger partial charge in [-0.15, -0.1) is 0 Å². The topological polar surface area (TPSA) is 92.4 Å². The maximum absolute atomic E-state index is 11.9. The van der Waals surface area contributed by atoms with Crippen molar-refractivity contribution in [2.75, 3.05) is 12.3 Å². The summed E-state index contributed by atoms with van der Waals surface area (Å²) in [6, 6.07) is 6.23. The van der Waals surface area contributed by atoms with E-state index in [0.717, 1.165) is 0 Å². The fourth-order valence-electron chi connectivity index (χ4n) is 1.49. The minimum absolute atomic E-state index is 0.0381.